The number of nitrogens with two attached hydrogens (primary N) is 1. The standard InChI is InChI=1S/C15H20N4S/c1-10(2)12-8-14(19-16)18-15(17-12)9-20-13-7-5-4-6-11(13)3/h4-8,10H,9,16H2,1-3H3,(H,17,18,19). The lowest BCUT2D eigenvalue weighted by Crippen LogP contribution is -2.11. The minimum Gasteiger partial charge on any atom is -0.308 e. The number of aromatic nitrogens is 2. The predicted octanol–water partition coefficient (Wildman–Crippen LogP) is 3.49. The molecule has 0 saturated heterocycles. The van der Waals surface area contributed by atoms with E-state index in [0.717, 1.165) is 17.3 Å². The van der Waals surface area contributed by atoms with Gasteiger partial charge in [-0.3, -0.25) is 0 Å². The molecule has 0 bridgehead atoms. The average Bonchev–Trinajstić information content (AvgIpc) is 2.46. The third-order valence-corrected chi connectivity index (χ3v) is 4.15. The van der Waals surface area contributed by atoms with Gasteiger partial charge in [0.2, 0.25) is 0 Å². The SMILES string of the molecule is Cc1ccccc1SCc1nc(NN)cc(C(C)C)n1. The molecule has 2 aromatic rings. The molecular weight excluding hydrogens is 268 g/mol. The first-order valence-corrected chi connectivity index (χ1v) is 7.61. The van der Waals surface area contributed by atoms with Gasteiger partial charge in [0.25, 0.3) is 0 Å². The van der Waals surface area contributed by atoms with Crippen LogP contribution in [0.15, 0.2) is 35.2 Å². The van der Waals surface area contributed by atoms with E-state index in [2.05, 4.69) is 48.3 Å². The van der Waals surface area contributed by atoms with E-state index in [-0.39, 0.29) is 0 Å². The molecule has 3 N–H and O–H groups in total. The van der Waals surface area contributed by atoms with E-state index in [9.17, 15) is 0 Å². The Kier molecular flexibility index (Phi) is 4.98. The Morgan fingerprint density at radius 3 is 2.65 bits per heavy atom. The molecule has 0 unspecified atom stereocenters. The zero-order chi connectivity index (χ0) is 14.5. The van der Waals surface area contributed by atoms with Gasteiger partial charge in [0.05, 0.1) is 5.75 Å². The van der Waals surface area contributed by atoms with Crippen LogP contribution in [0.5, 0.6) is 0 Å². The number of anilines is 1. The van der Waals surface area contributed by atoms with Gasteiger partial charge in [0.1, 0.15) is 11.6 Å². The maximum Gasteiger partial charge on any atom is 0.143 e. The fraction of sp³-hybridized carbons (Fsp3) is 0.333. The van der Waals surface area contributed by atoms with Crippen LogP contribution in [0.3, 0.4) is 0 Å². The van der Waals surface area contributed by atoms with Crippen LogP contribution in [0.4, 0.5) is 5.82 Å². The zero-order valence-electron chi connectivity index (χ0n) is 12.1. The summed E-state index contributed by atoms with van der Waals surface area (Å²) < 4.78 is 0. The lowest BCUT2D eigenvalue weighted by molar-refractivity contribution is 0.800. The van der Waals surface area contributed by atoms with Crippen LogP contribution in [-0.2, 0) is 5.75 Å². The number of thioether (sulfide) groups is 1. The zero-order valence-corrected chi connectivity index (χ0v) is 12.9. The Labute approximate surface area is 124 Å². The van der Waals surface area contributed by atoms with Crippen LogP contribution < -0.4 is 11.3 Å². The summed E-state index contributed by atoms with van der Waals surface area (Å²) in [4.78, 5) is 10.3. The van der Waals surface area contributed by atoms with Crippen LogP contribution in [0, 0.1) is 6.92 Å². The Balaban J connectivity index is 2.17. The maximum atomic E-state index is 5.47. The van der Waals surface area contributed by atoms with Crippen LogP contribution in [0.1, 0.15) is 36.8 Å². The molecule has 1 aromatic heterocycles. The first-order chi connectivity index (χ1) is 9.60. The van der Waals surface area contributed by atoms with E-state index in [4.69, 9.17) is 5.84 Å². The number of nitrogens with one attached hydrogen (secondary N) is 1. The number of rotatable bonds is 5. The fourth-order valence-corrected chi connectivity index (χ4v) is 2.70. The van der Waals surface area contributed by atoms with E-state index in [0.29, 0.717) is 11.7 Å². The predicted molar refractivity (Wildman–Crippen MR) is 84.7 cm³/mol. The highest BCUT2D eigenvalue weighted by atomic mass is 32.2. The molecule has 0 amide bonds. The fourth-order valence-electron chi connectivity index (χ4n) is 1.81. The van der Waals surface area contributed by atoms with E-state index in [1.807, 2.05) is 18.2 Å². The van der Waals surface area contributed by atoms with Crippen molar-refractivity contribution in [3.8, 4) is 0 Å². The number of nitrogens with zero attached hydrogens (tertiary/aromatic N) is 2. The second kappa shape index (κ2) is 6.72. The summed E-state index contributed by atoms with van der Waals surface area (Å²) in [5.41, 5.74) is 4.89. The van der Waals surface area contributed by atoms with Crippen molar-refractivity contribution in [1.29, 1.82) is 0 Å². The number of benzene rings is 1. The van der Waals surface area contributed by atoms with Crippen molar-refractivity contribution < 1.29 is 0 Å². The number of hydrogen-bond acceptors (Lipinski definition) is 5. The molecule has 0 spiro atoms. The van der Waals surface area contributed by atoms with Gasteiger partial charge in [0.15, 0.2) is 0 Å². The minimum atomic E-state index is 0.354. The topological polar surface area (TPSA) is 63.8 Å². The Hall–Kier alpha value is -1.59. The van der Waals surface area contributed by atoms with E-state index in [1.54, 1.807) is 11.8 Å². The highest BCUT2D eigenvalue weighted by Crippen LogP contribution is 2.25. The lowest BCUT2D eigenvalue weighted by atomic mass is 10.1. The summed E-state index contributed by atoms with van der Waals surface area (Å²) in [6, 6.07) is 10.2. The number of aryl methyl sites for hydroxylation is 1. The molecule has 4 nitrogen and oxygen atoms in total. The highest BCUT2D eigenvalue weighted by molar-refractivity contribution is 7.98. The average molecular weight is 288 g/mol. The summed E-state index contributed by atoms with van der Waals surface area (Å²) >= 11 is 1.75. The molecule has 20 heavy (non-hydrogen) atoms. The number of hydrogen-bond donors (Lipinski definition) is 2. The van der Waals surface area contributed by atoms with Crippen molar-refractivity contribution in [3.63, 3.8) is 0 Å². The third-order valence-electron chi connectivity index (χ3n) is 2.98. The molecule has 0 fully saturated rings. The highest BCUT2D eigenvalue weighted by Gasteiger charge is 2.08. The van der Waals surface area contributed by atoms with Gasteiger partial charge in [-0.1, -0.05) is 32.0 Å². The molecule has 0 aliphatic carbocycles. The molecule has 5 heteroatoms. The van der Waals surface area contributed by atoms with Gasteiger partial charge < -0.3 is 5.43 Å². The van der Waals surface area contributed by atoms with Crippen molar-refractivity contribution in [2.75, 3.05) is 5.43 Å². The quantitative estimate of drug-likeness (QED) is 0.501. The molecule has 0 aliphatic heterocycles. The summed E-state index contributed by atoms with van der Waals surface area (Å²) in [6.07, 6.45) is 0. The van der Waals surface area contributed by atoms with Gasteiger partial charge in [-0.05, 0) is 24.5 Å². The van der Waals surface area contributed by atoms with E-state index >= 15 is 0 Å². The molecule has 106 valence electrons. The maximum absolute atomic E-state index is 5.47. The van der Waals surface area contributed by atoms with Crippen LogP contribution in [-0.4, -0.2) is 9.97 Å². The number of nitrogen functional groups attached to an aromatic ring is 1. The molecule has 0 atom stereocenters. The monoisotopic (exact) mass is 288 g/mol. The second-order valence-corrected chi connectivity index (χ2v) is 5.96. The second-order valence-electron chi connectivity index (χ2n) is 4.95. The van der Waals surface area contributed by atoms with Crippen LogP contribution >= 0.6 is 11.8 Å². The lowest BCUT2D eigenvalue weighted by Gasteiger charge is -2.10. The first-order valence-electron chi connectivity index (χ1n) is 6.63. The summed E-state index contributed by atoms with van der Waals surface area (Å²) in [7, 11) is 0. The van der Waals surface area contributed by atoms with Crippen LogP contribution in [0.2, 0.25) is 0 Å². The van der Waals surface area contributed by atoms with Gasteiger partial charge in [0, 0.05) is 16.7 Å². The summed E-state index contributed by atoms with van der Waals surface area (Å²) in [5, 5.41) is 0. The number of hydrazine groups is 1. The third kappa shape index (κ3) is 3.71. The van der Waals surface area contributed by atoms with Gasteiger partial charge in [-0.2, -0.15) is 0 Å². The van der Waals surface area contributed by atoms with E-state index in [1.165, 1.54) is 10.5 Å². The van der Waals surface area contributed by atoms with Crippen molar-refractivity contribution >= 4 is 17.6 Å². The van der Waals surface area contributed by atoms with Crippen molar-refractivity contribution in [1.82, 2.24) is 9.97 Å². The summed E-state index contributed by atoms with van der Waals surface area (Å²) in [5.74, 6) is 8.04. The van der Waals surface area contributed by atoms with Crippen molar-refractivity contribution in [2.24, 2.45) is 5.84 Å². The molecule has 1 aromatic carbocycles. The van der Waals surface area contributed by atoms with Gasteiger partial charge in [-0.15, -0.1) is 11.8 Å². The Morgan fingerprint density at radius 1 is 1.25 bits per heavy atom. The summed E-state index contributed by atoms with van der Waals surface area (Å²) in [6.45, 7) is 6.34. The normalized spacial score (nSPS) is 10.8. The molecular formula is C15H20N4S. The smallest absolute Gasteiger partial charge is 0.143 e. The Morgan fingerprint density at radius 2 is 2.00 bits per heavy atom. The molecule has 2 rings (SSSR count). The van der Waals surface area contributed by atoms with Crippen molar-refractivity contribution in [2.45, 2.75) is 37.3 Å². The van der Waals surface area contributed by atoms with Gasteiger partial charge >= 0.3 is 0 Å². The minimum absolute atomic E-state index is 0.354. The molecule has 0 radical (unpaired) electrons. The Bertz CT molecular complexity index is 584. The van der Waals surface area contributed by atoms with Crippen molar-refractivity contribution in [3.05, 3.63) is 47.4 Å². The van der Waals surface area contributed by atoms with Gasteiger partial charge in [-0.25, -0.2) is 15.8 Å². The van der Waals surface area contributed by atoms with Crippen LogP contribution in [0.25, 0.3) is 0 Å². The first kappa shape index (κ1) is 14.8. The molecule has 1 heterocycles. The van der Waals surface area contributed by atoms with E-state index < -0.39 is 0 Å². The molecule has 0 saturated carbocycles. The molecule has 0 aliphatic rings. The largest absolute Gasteiger partial charge is 0.308 e.